The normalized spacial score (nSPS) is 25.7. The minimum Gasteiger partial charge on any atom is -0.367 e. The van der Waals surface area contributed by atoms with Crippen LogP contribution in [0.5, 0.6) is 0 Å². The highest BCUT2D eigenvalue weighted by atomic mass is 19.1. The first-order valence-corrected chi connectivity index (χ1v) is 6.31. The first-order valence-electron chi connectivity index (χ1n) is 6.31. The highest BCUT2D eigenvalue weighted by molar-refractivity contribution is 5.50. The predicted octanol–water partition coefficient (Wildman–Crippen LogP) is 4.02. The second-order valence-corrected chi connectivity index (χ2v) is 6.18. The van der Waals surface area contributed by atoms with Crippen LogP contribution < -0.4 is 5.32 Å². The molecule has 1 aromatic carbocycles. The van der Waals surface area contributed by atoms with E-state index in [-0.39, 0.29) is 11.2 Å². The molecule has 2 rings (SSSR count). The summed E-state index contributed by atoms with van der Waals surface area (Å²) >= 11 is 0. The molecule has 1 unspecified atom stereocenters. The molecule has 1 atom stereocenters. The maximum Gasteiger partial charge on any atom is 0.125 e. The Balaban J connectivity index is 2.24. The van der Waals surface area contributed by atoms with Crippen molar-refractivity contribution in [2.24, 2.45) is 5.41 Å². The van der Waals surface area contributed by atoms with E-state index in [0.717, 1.165) is 24.8 Å². The maximum absolute atomic E-state index is 13.4. The number of aryl methyl sites for hydroxylation is 1. The van der Waals surface area contributed by atoms with Gasteiger partial charge in [-0.2, -0.15) is 5.26 Å². The maximum atomic E-state index is 13.4. The molecule has 1 aromatic rings. The summed E-state index contributed by atoms with van der Waals surface area (Å²) < 4.78 is 13.4. The van der Waals surface area contributed by atoms with Crippen molar-refractivity contribution in [3.8, 4) is 6.07 Å². The Hall–Kier alpha value is -1.56. The van der Waals surface area contributed by atoms with E-state index in [2.05, 4.69) is 25.2 Å². The minimum absolute atomic E-state index is 0.172. The molecule has 0 radical (unpaired) electrons. The number of benzene rings is 1. The molecule has 0 aliphatic heterocycles. The van der Waals surface area contributed by atoms with E-state index in [1.165, 1.54) is 12.1 Å². The molecule has 2 nitrogen and oxygen atoms in total. The van der Waals surface area contributed by atoms with Crippen LogP contribution in [0.3, 0.4) is 0 Å². The Morgan fingerprint density at radius 2 is 2.00 bits per heavy atom. The van der Waals surface area contributed by atoms with E-state index in [1.807, 2.05) is 13.0 Å². The number of rotatable bonds is 2. The third kappa shape index (κ3) is 2.64. The number of nitriles is 1. The van der Waals surface area contributed by atoms with E-state index in [0.29, 0.717) is 5.69 Å². The summed E-state index contributed by atoms with van der Waals surface area (Å²) in [6.45, 7) is 6.20. The SMILES string of the molecule is Cc1cc(F)cc(NC2(C#N)CCC(C)(C)C2)c1. The smallest absolute Gasteiger partial charge is 0.125 e. The van der Waals surface area contributed by atoms with Crippen LogP contribution in [-0.4, -0.2) is 5.54 Å². The lowest BCUT2D eigenvalue weighted by Crippen LogP contribution is -2.34. The van der Waals surface area contributed by atoms with Crippen molar-refractivity contribution in [3.63, 3.8) is 0 Å². The Bertz CT molecular complexity index is 481. The first-order chi connectivity index (χ1) is 8.34. The molecule has 18 heavy (non-hydrogen) atoms. The molecule has 0 spiro atoms. The summed E-state index contributed by atoms with van der Waals surface area (Å²) in [6.07, 6.45) is 2.62. The van der Waals surface area contributed by atoms with Gasteiger partial charge in [-0.1, -0.05) is 13.8 Å². The van der Waals surface area contributed by atoms with Crippen LogP contribution in [0.15, 0.2) is 18.2 Å². The zero-order valence-electron chi connectivity index (χ0n) is 11.2. The van der Waals surface area contributed by atoms with Gasteiger partial charge in [0.2, 0.25) is 0 Å². The summed E-state index contributed by atoms with van der Waals surface area (Å²) in [4.78, 5) is 0. The molecular formula is C15H19FN2. The van der Waals surface area contributed by atoms with Gasteiger partial charge in [0.1, 0.15) is 11.4 Å². The topological polar surface area (TPSA) is 35.8 Å². The monoisotopic (exact) mass is 246 g/mol. The summed E-state index contributed by atoms with van der Waals surface area (Å²) in [7, 11) is 0. The van der Waals surface area contributed by atoms with Gasteiger partial charge in [0, 0.05) is 5.69 Å². The lowest BCUT2D eigenvalue weighted by Gasteiger charge is -2.26. The van der Waals surface area contributed by atoms with E-state index in [4.69, 9.17) is 0 Å². The van der Waals surface area contributed by atoms with Gasteiger partial charge in [-0.25, -0.2) is 4.39 Å². The molecule has 0 amide bonds. The predicted molar refractivity (Wildman–Crippen MR) is 70.7 cm³/mol. The minimum atomic E-state index is -0.552. The van der Waals surface area contributed by atoms with Crippen LogP contribution >= 0.6 is 0 Å². The second kappa shape index (κ2) is 4.28. The van der Waals surface area contributed by atoms with Crippen LogP contribution in [0, 0.1) is 29.5 Å². The molecule has 1 aliphatic rings. The van der Waals surface area contributed by atoms with Crippen molar-refractivity contribution in [1.29, 1.82) is 5.26 Å². The average molecular weight is 246 g/mol. The van der Waals surface area contributed by atoms with Gasteiger partial charge in [-0.05, 0) is 55.4 Å². The molecule has 0 saturated heterocycles. The second-order valence-electron chi connectivity index (χ2n) is 6.18. The largest absolute Gasteiger partial charge is 0.367 e. The molecule has 3 heteroatoms. The third-order valence-corrected chi connectivity index (χ3v) is 3.65. The van der Waals surface area contributed by atoms with E-state index < -0.39 is 5.54 Å². The van der Waals surface area contributed by atoms with Crippen molar-refractivity contribution in [1.82, 2.24) is 0 Å². The lowest BCUT2D eigenvalue weighted by molar-refractivity contribution is 0.368. The Labute approximate surface area is 108 Å². The fourth-order valence-corrected chi connectivity index (χ4v) is 2.86. The van der Waals surface area contributed by atoms with Gasteiger partial charge in [-0.3, -0.25) is 0 Å². The first kappa shape index (κ1) is 12.9. The molecule has 1 N–H and O–H groups in total. The third-order valence-electron chi connectivity index (χ3n) is 3.65. The Morgan fingerprint density at radius 1 is 1.28 bits per heavy atom. The quantitative estimate of drug-likeness (QED) is 0.855. The fraction of sp³-hybridized carbons (Fsp3) is 0.533. The number of anilines is 1. The summed E-state index contributed by atoms with van der Waals surface area (Å²) in [5.41, 5.74) is 1.18. The molecule has 1 saturated carbocycles. The fourth-order valence-electron chi connectivity index (χ4n) is 2.86. The van der Waals surface area contributed by atoms with Gasteiger partial charge < -0.3 is 5.32 Å². The molecule has 1 aliphatic carbocycles. The zero-order valence-corrected chi connectivity index (χ0v) is 11.2. The van der Waals surface area contributed by atoms with Crippen LogP contribution in [0.4, 0.5) is 10.1 Å². The van der Waals surface area contributed by atoms with Crippen molar-refractivity contribution in [2.75, 3.05) is 5.32 Å². The van der Waals surface area contributed by atoms with Gasteiger partial charge in [0.25, 0.3) is 0 Å². The average Bonchev–Trinajstić information content (AvgIpc) is 2.53. The highest BCUT2D eigenvalue weighted by Gasteiger charge is 2.43. The van der Waals surface area contributed by atoms with Gasteiger partial charge >= 0.3 is 0 Å². The van der Waals surface area contributed by atoms with Crippen molar-refractivity contribution < 1.29 is 4.39 Å². The lowest BCUT2D eigenvalue weighted by atomic mass is 9.88. The highest BCUT2D eigenvalue weighted by Crippen LogP contribution is 2.44. The van der Waals surface area contributed by atoms with Crippen LogP contribution in [0.1, 0.15) is 38.7 Å². The van der Waals surface area contributed by atoms with Gasteiger partial charge in [0.05, 0.1) is 6.07 Å². The summed E-state index contributed by atoms with van der Waals surface area (Å²) in [6, 6.07) is 7.21. The zero-order chi connectivity index (χ0) is 13.4. The van der Waals surface area contributed by atoms with E-state index in [1.54, 1.807) is 0 Å². The molecule has 0 heterocycles. The number of halogens is 1. The number of nitrogens with one attached hydrogen (secondary N) is 1. The molecular weight excluding hydrogens is 227 g/mol. The summed E-state index contributed by atoms with van der Waals surface area (Å²) in [5.74, 6) is -0.261. The molecule has 0 bridgehead atoms. The molecule has 1 fully saturated rings. The van der Waals surface area contributed by atoms with Crippen LogP contribution in [-0.2, 0) is 0 Å². The van der Waals surface area contributed by atoms with Crippen LogP contribution in [0.2, 0.25) is 0 Å². The van der Waals surface area contributed by atoms with Crippen molar-refractivity contribution >= 4 is 5.69 Å². The van der Waals surface area contributed by atoms with Crippen LogP contribution in [0.25, 0.3) is 0 Å². The number of nitrogens with zero attached hydrogens (tertiary/aromatic N) is 1. The van der Waals surface area contributed by atoms with Gasteiger partial charge in [-0.15, -0.1) is 0 Å². The standard InChI is InChI=1S/C15H19FN2/c1-11-6-12(16)8-13(7-11)18-15(10-17)5-4-14(2,3)9-15/h6-8,18H,4-5,9H2,1-3H3. The Morgan fingerprint density at radius 3 is 2.50 bits per heavy atom. The summed E-state index contributed by atoms with van der Waals surface area (Å²) in [5, 5.41) is 12.7. The van der Waals surface area contributed by atoms with Crippen molar-refractivity contribution in [3.05, 3.63) is 29.6 Å². The van der Waals surface area contributed by atoms with E-state index in [9.17, 15) is 9.65 Å². The molecule has 96 valence electrons. The number of hydrogen-bond acceptors (Lipinski definition) is 2. The Kier molecular flexibility index (Phi) is 3.06. The number of hydrogen-bond donors (Lipinski definition) is 1. The van der Waals surface area contributed by atoms with Crippen molar-refractivity contribution in [2.45, 2.75) is 45.6 Å². The van der Waals surface area contributed by atoms with E-state index >= 15 is 0 Å². The van der Waals surface area contributed by atoms with Gasteiger partial charge in [0.15, 0.2) is 0 Å². The molecule has 0 aromatic heterocycles.